The maximum absolute atomic E-state index is 13.6. The van der Waals surface area contributed by atoms with Crippen molar-refractivity contribution in [2.24, 2.45) is 10.3 Å². The van der Waals surface area contributed by atoms with Crippen molar-refractivity contribution in [1.29, 1.82) is 0 Å². The van der Waals surface area contributed by atoms with Crippen LogP contribution in [0.2, 0.25) is 0 Å². The average molecular weight is 249 g/mol. The topological polar surface area (TPSA) is 36.8 Å². The van der Waals surface area contributed by atoms with Gasteiger partial charge in [-0.15, -0.1) is 0 Å². The fraction of sp³-hybridized carbons (Fsp3) is 0.571. The van der Waals surface area contributed by atoms with E-state index in [1.807, 2.05) is 0 Å². The van der Waals surface area contributed by atoms with Gasteiger partial charge in [0.1, 0.15) is 5.82 Å². The van der Waals surface area contributed by atoms with Crippen molar-refractivity contribution >= 4 is 0 Å². The van der Waals surface area contributed by atoms with Gasteiger partial charge in [-0.25, -0.2) is 4.39 Å². The van der Waals surface area contributed by atoms with Gasteiger partial charge < -0.3 is 0 Å². The molecule has 2 unspecified atom stereocenters. The summed E-state index contributed by atoms with van der Waals surface area (Å²) in [5.41, 5.74) is 4.94. The highest BCUT2D eigenvalue weighted by Gasteiger charge is 2.21. The fourth-order valence-corrected chi connectivity index (χ4v) is 2.18. The molecule has 0 spiro atoms. The van der Waals surface area contributed by atoms with Gasteiger partial charge in [0, 0.05) is 6.04 Å². The van der Waals surface area contributed by atoms with E-state index in [4.69, 9.17) is 0 Å². The van der Waals surface area contributed by atoms with Crippen molar-refractivity contribution in [2.45, 2.75) is 51.6 Å². The lowest BCUT2D eigenvalue weighted by Gasteiger charge is -2.24. The number of rotatable bonds is 3. The van der Waals surface area contributed by atoms with Gasteiger partial charge in [-0.2, -0.15) is 5.11 Å². The number of nitrogens with one attached hydrogen (secondary N) is 1. The SMILES string of the molecule is CCC1CC(c2cc(F)cc(C(C)C)c2)N=NN1. The predicted molar refractivity (Wildman–Crippen MR) is 69.9 cm³/mol. The second-order valence-corrected chi connectivity index (χ2v) is 5.17. The van der Waals surface area contributed by atoms with E-state index in [1.165, 1.54) is 0 Å². The van der Waals surface area contributed by atoms with E-state index < -0.39 is 0 Å². The Balaban J connectivity index is 2.27. The van der Waals surface area contributed by atoms with Gasteiger partial charge in [-0.05, 0) is 42.0 Å². The van der Waals surface area contributed by atoms with Crippen molar-refractivity contribution in [3.63, 3.8) is 0 Å². The molecule has 0 bridgehead atoms. The summed E-state index contributed by atoms with van der Waals surface area (Å²) in [4.78, 5) is 0. The summed E-state index contributed by atoms with van der Waals surface area (Å²) in [5.74, 6) is 0.137. The maximum atomic E-state index is 13.6. The first kappa shape index (κ1) is 13.0. The molecule has 0 aromatic heterocycles. The van der Waals surface area contributed by atoms with Crippen molar-refractivity contribution in [2.75, 3.05) is 0 Å². The molecule has 1 aromatic rings. The molecule has 1 aromatic carbocycles. The molecule has 0 radical (unpaired) electrons. The lowest BCUT2D eigenvalue weighted by Crippen LogP contribution is -2.28. The van der Waals surface area contributed by atoms with Gasteiger partial charge in [0.2, 0.25) is 0 Å². The predicted octanol–water partition coefficient (Wildman–Crippen LogP) is 4.13. The fourth-order valence-electron chi connectivity index (χ4n) is 2.18. The zero-order chi connectivity index (χ0) is 13.1. The first-order valence-corrected chi connectivity index (χ1v) is 6.56. The summed E-state index contributed by atoms with van der Waals surface area (Å²) in [5, 5.41) is 8.13. The molecule has 98 valence electrons. The van der Waals surface area contributed by atoms with E-state index in [9.17, 15) is 4.39 Å². The van der Waals surface area contributed by atoms with Crippen molar-refractivity contribution in [3.05, 3.63) is 35.1 Å². The van der Waals surface area contributed by atoms with Crippen LogP contribution in [0.3, 0.4) is 0 Å². The molecule has 3 nitrogen and oxygen atoms in total. The van der Waals surface area contributed by atoms with Crippen LogP contribution >= 0.6 is 0 Å². The summed E-state index contributed by atoms with van der Waals surface area (Å²) in [6.07, 6.45) is 1.88. The number of halogens is 1. The Kier molecular flexibility index (Phi) is 3.94. The Morgan fingerprint density at radius 2 is 2.17 bits per heavy atom. The van der Waals surface area contributed by atoms with Crippen LogP contribution in [0.5, 0.6) is 0 Å². The molecule has 18 heavy (non-hydrogen) atoms. The van der Waals surface area contributed by atoms with Gasteiger partial charge in [0.05, 0.1) is 6.04 Å². The molecule has 2 rings (SSSR count). The zero-order valence-electron chi connectivity index (χ0n) is 11.2. The summed E-state index contributed by atoms with van der Waals surface area (Å²) >= 11 is 0. The Hall–Kier alpha value is -1.45. The van der Waals surface area contributed by atoms with E-state index in [1.54, 1.807) is 12.1 Å². The van der Waals surface area contributed by atoms with Crippen molar-refractivity contribution in [1.82, 2.24) is 5.43 Å². The minimum absolute atomic E-state index is 0.0237. The summed E-state index contributed by atoms with van der Waals surface area (Å²) in [6, 6.07) is 5.54. The van der Waals surface area contributed by atoms with Crippen LogP contribution in [0, 0.1) is 5.82 Å². The van der Waals surface area contributed by atoms with Gasteiger partial charge in [0.25, 0.3) is 0 Å². The first-order valence-electron chi connectivity index (χ1n) is 6.56. The van der Waals surface area contributed by atoms with E-state index in [0.29, 0.717) is 12.0 Å². The van der Waals surface area contributed by atoms with Gasteiger partial charge in [-0.3, -0.25) is 5.43 Å². The van der Waals surface area contributed by atoms with Crippen LogP contribution in [0.4, 0.5) is 4.39 Å². The van der Waals surface area contributed by atoms with Gasteiger partial charge >= 0.3 is 0 Å². The third kappa shape index (κ3) is 2.86. The molecule has 1 heterocycles. The summed E-state index contributed by atoms with van der Waals surface area (Å²) in [7, 11) is 0. The summed E-state index contributed by atoms with van der Waals surface area (Å²) in [6.45, 7) is 6.25. The lowest BCUT2D eigenvalue weighted by atomic mass is 9.94. The highest BCUT2D eigenvalue weighted by molar-refractivity contribution is 5.29. The molecule has 4 heteroatoms. The van der Waals surface area contributed by atoms with E-state index in [0.717, 1.165) is 24.0 Å². The Morgan fingerprint density at radius 3 is 2.83 bits per heavy atom. The second kappa shape index (κ2) is 5.46. The highest BCUT2D eigenvalue weighted by Crippen LogP contribution is 2.29. The van der Waals surface area contributed by atoms with E-state index in [2.05, 4.69) is 42.6 Å². The van der Waals surface area contributed by atoms with Crippen LogP contribution in [0.1, 0.15) is 56.7 Å². The van der Waals surface area contributed by atoms with Crippen molar-refractivity contribution in [3.8, 4) is 0 Å². The largest absolute Gasteiger partial charge is 0.289 e. The van der Waals surface area contributed by atoms with E-state index in [-0.39, 0.29) is 11.9 Å². The standard InChI is InChI=1S/C14H20FN3/c1-4-13-8-14(17-18-16-13)11-5-10(9(2)3)6-12(15)7-11/h5-7,9,13-14H,4,8H2,1-3H3,(H,16,17). The average Bonchev–Trinajstić information content (AvgIpc) is 2.38. The quantitative estimate of drug-likeness (QED) is 0.859. The second-order valence-electron chi connectivity index (χ2n) is 5.17. The van der Waals surface area contributed by atoms with Crippen LogP contribution in [0.25, 0.3) is 0 Å². The van der Waals surface area contributed by atoms with Crippen LogP contribution in [0.15, 0.2) is 28.5 Å². The molecule has 1 aliphatic rings. The third-order valence-electron chi connectivity index (χ3n) is 3.43. The maximum Gasteiger partial charge on any atom is 0.123 e. The lowest BCUT2D eigenvalue weighted by molar-refractivity contribution is 0.371. The molecule has 2 atom stereocenters. The molecule has 0 fully saturated rings. The monoisotopic (exact) mass is 249 g/mol. The zero-order valence-corrected chi connectivity index (χ0v) is 11.2. The number of hydrogen-bond donors (Lipinski definition) is 1. The van der Waals surface area contributed by atoms with Gasteiger partial charge in [-0.1, -0.05) is 32.1 Å². The molecular formula is C14H20FN3. The van der Waals surface area contributed by atoms with Crippen LogP contribution in [-0.4, -0.2) is 6.04 Å². The summed E-state index contributed by atoms with van der Waals surface area (Å²) < 4.78 is 13.6. The minimum atomic E-state index is -0.182. The minimum Gasteiger partial charge on any atom is -0.289 e. The number of hydrogen-bond acceptors (Lipinski definition) is 3. The molecule has 0 amide bonds. The third-order valence-corrected chi connectivity index (χ3v) is 3.43. The molecule has 0 saturated heterocycles. The first-order chi connectivity index (χ1) is 8.60. The molecule has 1 N–H and O–H groups in total. The molecule has 0 saturated carbocycles. The Labute approximate surface area is 107 Å². The number of nitrogens with zero attached hydrogens (tertiary/aromatic N) is 2. The smallest absolute Gasteiger partial charge is 0.123 e. The Bertz CT molecular complexity index is 443. The van der Waals surface area contributed by atoms with E-state index >= 15 is 0 Å². The van der Waals surface area contributed by atoms with Gasteiger partial charge in [0.15, 0.2) is 0 Å². The molecule has 1 aliphatic heterocycles. The normalized spacial score (nSPS) is 23.2. The highest BCUT2D eigenvalue weighted by atomic mass is 19.1. The number of benzene rings is 1. The Morgan fingerprint density at radius 1 is 1.39 bits per heavy atom. The van der Waals surface area contributed by atoms with Crippen LogP contribution in [-0.2, 0) is 0 Å². The van der Waals surface area contributed by atoms with Crippen molar-refractivity contribution < 1.29 is 4.39 Å². The van der Waals surface area contributed by atoms with Crippen LogP contribution < -0.4 is 5.43 Å². The molecular weight excluding hydrogens is 229 g/mol. The molecule has 0 aliphatic carbocycles.